The van der Waals surface area contributed by atoms with Crippen LogP contribution in [0.2, 0.25) is 5.02 Å². The number of rotatable bonds is 2. The summed E-state index contributed by atoms with van der Waals surface area (Å²) >= 11 is 6.00. The Morgan fingerprint density at radius 1 is 1.10 bits per heavy atom. The number of halogens is 1. The zero-order valence-corrected chi connectivity index (χ0v) is 11.8. The Bertz CT molecular complexity index is 745. The van der Waals surface area contributed by atoms with Crippen LogP contribution in [-0.4, -0.2) is 9.78 Å². The lowest BCUT2D eigenvalue weighted by atomic mass is 10.1. The average Bonchev–Trinajstić information content (AvgIpc) is 2.82. The molecule has 0 aliphatic heterocycles. The molecule has 2 N–H and O–H groups in total. The minimum Gasteiger partial charge on any atom is -0.396 e. The minimum absolute atomic E-state index is 0.647. The largest absolute Gasteiger partial charge is 0.396 e. The van der Waals surface area contributed by atoms with E-state index in [2.05, 4.69) is 12.0 Å². The van der Waals surface area contributed by atoms with Crippen LogP contribution >= 0.6 is 11.6 Å². The molecule has 0 aliphatic rings. The molecule has 2 aromatic carbocycles. The zero-order valence-electron chi connectivity index (χ0n) is 11.0. The van der Waals surface area contributed by atoms with E-state index in [0.717, 1.165) is 16.9 Å². The van der Waals surface area contributed by atoms with Crippen LogP contribution in [0.4, 0.5) is 5.69 Å². The summed E-state index contributed by atoms with van der Waals surface area (Å²) in [5.74, 6) is 0. The van der Waals surface area contributed by atoms with Gasteiger partial charge in [0.2, 0.25) is 0 Å². The third-order valence-corrected chi connectivity index (χ3v) is 3.38. The lowest BCUT2D eigenvalue weighted by Crippen LogP contribution is -1.94. The topological polar surface area (TPSA) is 43.8 Å². The molecule has 0 bridgehead atoms. The summed E-state index contributed by atoms with van der Waals surface area (Å²) in [5, 5.41) is 5.23. The van der Waals surface area contributed by atoms with E-state index in [9.17, 15) is 0 Å². The Hall–Kier alpha value is -2.26. The fourth-order valence-corrected chi connectivity index (χ4v) is 2.26. The van der Waals surface area contributed by atoms with E-state index < -0.39 is 0 Å². The number of aryl methyl sites for hydroxylation is 1. The average molecular weight is 284 g/mol. The molecule has 0 aliphatic carbocycles. The molecular formula is C16H14ClN3. The summed E-state index contributed by atoms with van der Waals surface area (Å²) in [4.78, 5) is 0. The van der Waals surface area contributed by atoms with Crippen LogP contribution in [0.5, 0.6) is 0 Å². The monoisotopic (exact) mass is 283 g/mol. The molecule has 0 saturated heterocycles. The van der Waals surface area contributed by atoms with Gasteiger partial charge in [-0.2, -0.15) is 5.10 Å². The van der Waals surface area contributed by atoms with Crippen LogP contribution in [0, 0.1) is 6.92 Å². The van der Waals surface area contributed by atoms with Crippen molar-refractivity contribution in [2.75, 3.05) is 5.73 Å². The van der Waals surface area contributed by atoms with Gasteiger partial charge in [-0.1, -0.05) is 47.5 Å². The molecule has 0 saturated carbocycles. The first-order valence-corrected chi connectivity index (χ1v) is 6.69. The number of hydrogen-bond donors (Lipinski definition) is 1. The molecule has 0 atom stereocenters. The van der Waals surface area contributed by atoms with Gasteiger partial charge in [-0.05, 0) is 25.1 Å². The highest BCUT2D eigenvalue weighted by Crippen LogP contribution is 2.26. The molecule has 0 spiro atoms. The van der Waals surface area contributed by atoms with Crippen molar-refractivity contribution in [3.05, 3.63) is 65.3 Å². The quantitative estimate of drug-likeness (QED) is 0.770. The highest BCUT2D eigenvalue weighted by Gasteiger charge is 2.09. The van der Waals surface area contributed by atoms with E-state index in [1.54, 1.807) is 10.9 Å². The normalized spacial score (nSPS) is 10.7. The minimum atomic E-state index is 0.647. The van der Waals surface area contributed by atoms with Gasteiger partial charge in [-0.15, -0.1) is 0 Å². The second-order valence-electron chi connectivity index (χ2n) is 4.72. The number of nitrogens with two attached hydrogens (primary N) is 1. The van der Waals surface area contributed by atoms with Crippen molar-refractivity contribution in [1.29, 1.82) is 0 Å². The van der Waals surface area contributed by atoms with Crippen molar-refractivity contribution >= 4 is 17.3 Å². The smallest absolute Gasteiger partial charge is 0.116 e. The molecule has 3 nitrogen and oxygen atoms in total. The van der Waals surface area contributed by atoms with E-state index >= 15 is 0 Å². The van der Waals surface area contributed by atoms with Crippen LogP contribution in [0.1, 0.15) is 5.56 Å². The van der Waals surface area contributed by atoms with Gasteiger partial charge in [-0.3, -0.25) is 0 Å². The van der Waals surface area contributed by atoms with Crippen LogP contribution < -0.4 is 5.73 Å². The van der Waals surface area contributed by atoms with E-state index in [0.29, 0.717) is 10.7 Å². The summed E-state index contributed by atoms with van der Waals surface area (Å²) < 4.78 is 1.75. The molecule has 3 rings (SSSR count). The van der Waals surface area contributed by atoms with Crippen molar-refractivity contribution in [3.8, 4) is 16.9 Å². The van der Waals surface area contributed by atoms with Gasteiger partial charge in [-0.25, -0.2) is 4.68 Å². The van der Waals surface area contributed by atoms with Crippen molar-refractivity contribution in [1.82, 2.24) is 9.78 Å². The van der Waals surface area contributed by atoms with Crippen LogP contribution in [0.25, 0.3) is 16.9 Å². The van der Waals surface area contributed by atoms with Gasteiger partial charge in [0, 0.05) is 10.6 Å². The second kappa shape index (κ2) is 5.02. The number of hydrogen-bond acceptors (Lipinski definition) is 2. The molecule has 0 amide bonds. The Labute approximate surface area is 122 Å². The Morgan fingerprint density at radius 2 is 1.85 bits per heavy atom. The highest BCUT2D eigenvalue weighted by atomic mass is 35.5. The molecule has 1 aromatic heterocycles. The van der Waals surface area contributed by atoms with E-state index in [4.69, 9.17) is 17.3 Å². The first-order chi connectivity index (χ1) is 9.63. The van der Waals surface area contributed by atoms with E-state index in [1.165, 1.54) is 5.56 Å². The molecular weight excluding hydrogens is 270 g/mol. The maximum absolute atomic E-state index is 6.07. The lowest BCUT2D eigenvalue weighted by molar-refractivity contribution is 0.884. The molecule has 1 heterocycles. The molecule has 0 radical (unpaired) electrons. The summed E-state index contributed by atoms with van der Waals surface area (Å²) in [6.07, 6.45) is 1.81. The summed E-state index contributed by atoms with van der Waals surface area (Å²) in [6, 6.07) is 15.7. The van der Waals surface area contributed by atoms with Crippen LogP contribution in [0.3, 0.4) is 0 Å². The first-order valence-electron chi connectivity index (χ1n) is 6.31. The number of anilines is 1. The molecule has 3 aromatic rings. The number of nitrogen functional groups attached to an aromatic ring is 1. The fraction of sp³-hybridized carbons (Fsp3) is 0.0625. The molecule has 0 fully saturated rings. The number of nitrogens with zero attached hydrogens (tertiary/aromatic N) is 2. The molecule has 100 valence electrons. The van der Waals surface area contributed by atoms with Gasteiger partial charge in [0.1, 0.15) is 5.69 Å². The van der Waals surface area contributed by atoms with Gasteiger partial charge < -0.3 is 5.73 Å². The maximum atomic E-state index is 6.07. The molecule has 4 heteroatoms. The van der Waals surface area contributed by atoms with Crippen molar-refractivity contribution in [2.45, 2.75) is 6.92 Å². The van der Waals surface area contributed by atoms with Crippen LogP contribution in [-0.2, 0) is 0 Å². The standard InChI is InChI=1S/C16H14ClN3/c1-11-5-7-12(8-6-11)16-15(18)10-20(19-16)14-4-2-3-13(17)9-14/h2-10H,18H2,1H3. The SMILES string of the molecule is Cc1ccc(-c2nn(-c3cccc(Cl)c3)cc2N)cc1. The van der Waals surface area contributed by atoms with Crippen molar-refractivity contribution in [3.63, 3.8) is 0 Å². The third kappa shape index (κ3) is 2.40. The molecule has 0 unspecified atom stereocenters. The Kier molecular flexibility index (Phi) is 3.20. The van der Waals surface area contributed by atoms with Gasteiger partial charge in [0.15, 0.2) is 0 Å². The zero-order chi connectivity index (χ0) is 14.1. The predicted molar refractivity (Wildman–Crippen MR) is 83.2 cm³/mol. The van der Waals surface area contributed by atoms with Gasteiger partial charge >= 0.3 is 0 Å². The summed E-state index contributed by atoms with van der Waals surface area (Å²) in [5.41, 5.74) is 10.6. The third-order valence-electron chi connectivity index (χ3n) is 3.14. The van der Waals surface area contributed by atoms with E-state index in [1.807, 2.05) is 48.5 Å². The number of benzene rings is 2. The van der Waals surface area contributed by atoms with Gasteiger partial charge in [0.05, 0.1) is 17.6 Å². The van der Waals surface area contributed by atoms with Gasteiger partial charge in [0.25, 0.3) is 0 Å². The second-order valence-corrected chi connectivity index (χ2v) is 5.16. The summed E-state index contributed by atoms with van der Waals surface area (Å²) in [7, 11) is 0. The van der Waals surface area contributed by atoms with E-state index in [-0.39, 0.29) is 0 Å². The first kappa shape index (κ1) is 12.8. The fourth-order valence-electron chi connectivity index (χ4n) is 2.07. The lowest BCUT2D eigenvalue weighted by Gasteiger charge is -2.01. The Morgan fingerprint density at radius 3 is 2.55 bits per heavy atom. The predicted octanol–water partition coefficient (Wildman–Crippen LogP) is 4.08. The highest BCUT2D eigenvalue weighted by molar-refractivity contribution is 6.30. The molecule has 20 heavy (non-hydrogen) atoms. The Balaban J connectivity index is 2.05. The number of aromatic nitrogens is 2. The maximum Gasteiger partial charge on any atom is 0.116 e. The summed E-state index contributed by atoms with van der Waals surface area (Å²) in [6.45, 7) is 2.05. The van der Waals surface area contributed by atoms with Crippen LogP contribution in [0.15, 0.2) is 54.7 Å². The van der Waals surface area contributed by atoms with Crippen molar-refractivity contribution < 1.29 is 0 Å². The van der Waals surface area contributed by atoms with Crippen molar-refractivity contribution in [2.24, 2.45) is 0 Å².